The summed E-state index contributed by atoms with van der Waals surface area (Å²) in [5, 5.41) is 8.18. The van der Waals surface area contributed by atoms with Gasteiger partial charge in [-0.15, -0.1) is 10.2 Å². The summed E-state index contributed by atoms with van der Waals surface area (Å²) < 4.78 is 59.6. The molecule has 4 aromatic rings. The van der Waals surface area contributed by atoms with Crippen molar-refractivity contribution in [2.75, 3.05) is 24.7 Å². The fourth-order valence-corrected chi connectivity index (χ4v) is 4.46. The third-order valence-corrected chi connectivity index (χ3v) is 6.12. The highest BCUT2D eigenvalue weighted by atomic mass is 32.2. The fraction of sp³-hybridized carbons (Fsp3) is 0.130. The summed E-state index contributed by atoms with van der Waals surface area (Å²) in [6.45, 7) is 3.82. The lowest BCUT2D eigenvalue weighted by Gasteiger charge is -2.17. The van der Waals surface area contributed by atoms with Gasteiger partial charge in [-0.05, 0) is 47.5 Å². The van der Waals surface area contributed by atoms with Gasteiger partial charge >= 0.3 is 0 Å². The minimum absolute atomic E-state index is 0.110. The molecule has 34 heavy (non-hydrogen) atoms. The van der Waals surface area contributed by atoms with Crippen molar-refractivity contribution in [3.63, 3.8) is 0 Å². The van der Waals surface area contributed by atoms with Crippen molar-refractivity contribution < 1.29 is 26.7 Å². The number of anilines is 1. The molecule has 0 saturated heterocycles. The molecule has 11 heteroatoms. The van der Waals surface area contributed by atoms with E-state index in [1.165, 1.54) is 49.3 Å². The van der Waals surface area contributed by atoms with Gasteiger partial charge in [0.25, 0.3) is 0 Å². The summed E-state index contributed by atoms with van der Waals surface area (Å²) >= 11 is 0. The van der Waals surface area contributed by atoms with Crippen molar-refractivity contribution in [1.29, 1.82) is 0 Å². The average Bonchev–Trinajstić information content (AvgIpc) is 3.48. The van der Waals surface area contributed by atoms with Crippen molar-refractivity contribution in [3.8, 4) is 28.8 Å². The van der Waals surface area contributed by atoms with Crippen LogP contribution in [0.15, 0.2) is 71.9 Å². The van der Waals surface area contributed by atoms with Crippen LogP contribution in [-0.4, -0.2) is 43.2 Å². The maximum atomic E-state index is 13.2. The number of nitrogens with one attached hydrogen (secondary N) is 1. The molecule has 2 aromatic carbocycles. The maximum absolute atomic E-state index is 13.2. The number of halogens is 1. The second-order valence-electron chi connectivity index (χ2n) is 7.14. The molecule has 9 nitrogen and oxygen atoms in total. The zero-order chi connectivity index (χ0) is 24.3. The highest BCUT2D eigenvalue weighted by Gasteiger charge is 2.26. The van der Waals surface area contributed by atoms with E-state index in [-0.39, 0.29) is 17.3 Å². The molecule has 0 unspecified atom stereocenters. The quantitative estimate of drug-likeness (QED) is 0.380. The Bertz CT molecular complexity index is 1390. The summed E-state index contributed by atoms with van der Waals surface area (Å²) in [6, 6.07) is 13.9. The molecule has 2 aromatic heterocycles. The van der Waals surface area contributed by atoms with Crippen LogP contribution in [0.1, 0.15) is 5.56 Å². The van der Waals surface area contributed by atoms with E-state index in [1.807, 2.05) is 0 Å². The molecule has 0 radical (unpaired) electrons. The number of hydrogen-bond donors (Lipinski definition) is 1. The third kappa shape index (κ3) is 4.64. The number of para-hydroxylation sites is 1. The standard InChI is InChI=1S/C23H21FN4O5S/c1-15(16-9-11-17(24)12-10-16)14-34(29,30)27-23-26-25-22(20-8-5-13-33-20)28(23)21-18(31-2)6-4-7-19(21)32-3/h4-13H,1,14H2,2-3H3,(H,26,27). The van der Waals surface area contributed by atoms with Gasteiger partial charge < -0.3 is 13.9 Å². The lowest BCUT2D eigenvalue weighted by molar-refractivity contribution is 0.391. The number of aromatic nitrogens is 3. The SMILES string of the molecule is C=C(CS(=O)(=O)Nc1nnc(-c2ccco2)n1-c1c(OC)cccc1OC)c1ccc(F)cc1. The van der Waals surface area contributed by atoms with Gasteiger partial charge in [-0.2, -0.15) is 0 Å². The van der Waals surface area contributed by atoms with Crippen molar-refractivity contribution >= 4 is 21.5 Å². The number of methoxy groups -OCH3 is 2. The molecule has 4 rings (SSSR count). The van der Waals surface area contributed by atoms with E-state index in [1.54, 1.807) is 30.3 Å². The maximum Gasteiger partial charge on any atom is 0.243 e. The highest BCUT2D eigenvalue weighted by molar-refractivity contribution is 7.93. The van der Waals surface area contributed by atoms with Crippen molar-refractivity contribution in [3.05, 3.63) is 78.8 Å². The van der Waals surface area contributed by atoms with E-state index in [4.69, 9.17) is 13.9 Å². The van der Waals surface area contributed by atoms with Crippen LogP contribution in [0.25, 0.3) is 22.8 Å². The molecule has 0 aliphatic carbocycles. The molecule has 0 bridgehead atoms. The van der Waals surface area contributed by atoms with Crippen LogP contribution in [0.4, 0.5) is 10.3 Å². The molecule has 0 atom stereocenters. The molecule has 0 spiro atoms. The highest BCUT2D eigenvalue weighted by Crippen LogP contribution is 2.37. The van der Waals surface area contributed by atoms with E-state index in [2.05, 4.69) is 21.5 Å². The summed E-state index contributed by atoms with van der Waals surface area (Å²) in [6.07, 6.45) is 1.46. The molecule has 1 N–H and O–H groups in total. The summed E-state index contributed by atoms with van der Waals surface area (Å²) in [5.74, 6) is 0.365. The molecule has 0 amide bonds. The zero-order valence-electron chi connectivity index (χ0n) is 18.4. The third-order valence-electron chi connectivity index (χ3n) is 4.89. The van der Waals surface area contributed by atoms with Crippen LogP contribution in [0.2, 0.25) is 0 Å². The first-order valence-electron chi connectivity index (χ1n) is 9.98. The Balaban J connectivity index is 1.76. The largest absolute Gasteiger partial charge is 0.494 e. The Kier molecular flexibility index (Phi) is 6.37. The zero-order valence-corrected chi connectivity index (χ0v) is 19.2. The Morgan fingerprint density at radius 1 is 1.06 bits per heavy atom. The first-order chi connectivity index (χ1) is 16.3. The second-order valence-corrected chi connectivity index (χ2v) is 8.86. The Morgan fingerprint density at radius 2 is 1.74 bits per heavy atom. The molecule has 2 heterocycles. The van der Waals surface area contributed by atoms with Crippen LogP contribution >= 0.6 is 0 Å². The molecular weight excluding hydrogens is 463 g/mol. The van der Waals surface area contributed by atoms with Gasteiger partial charge in [-0.25, -0.2) is 12.8 Å². The predicted molar refractivity (Wildman–Crippen MR) is 125 cm³/mol. The molecule has 0 fully saturated rings. The molecule has 0 aliphatic rings. The predicted octanol–water partition coefficient (Wildman–Crippen LogP) is 4.14. The van der Waals surface area contributed by atoms with Gasteiger partial charge in [0.1, 0.15) is 23.0 Å². The van der Waals surface area contributed by atoms with Crippen molar-refractivity contribution in [2.45, 2.75) is 0 Å². The average molecular weight is 485 g/mol. The molecule has 0 aliphatic heterocycles. The van der Waals surface area contributed by atoms with Crippen molar-refractivity contribution in [1.82, 2.24) is 14.8 Å². The smallest absolute Gasteiger partial charge is 0.243 e. The van der Waals surface area contributed by atoms with Crippen LogP contribution in [0.3, 0.4) is 0 Å². The van der Waals surface area contributed by atoms with E-state index in [9.17, 15) is 12.8 Å². The van der Waals surface area contributed by atoms with Crippen LogP contribution in [-0.2, 0) is 10.0 Å². The van der Waals surface area contributed by atoms with Crippen LogP contribution < -0.4 is 14.2 Å². The first kappa shape index (κ1) is 23.1. The Hall–Kier alpha value is -4.12. The van der Waals surface area contributed by atoms with Gasteiger partial charge in [0.05, 0.1) is 26.2 Å². The fourth-order valence-electron chi connectivity index (χ4n) is 3.35. The second kappa shape index (κ2) is 9.40. The number of nitrogens with zero attached hydrogens (tertiary/aromatic N) is 3. The molecule has 176 valence electrons. The summed E-state index contributed by atoms with van der Waals surface area (Å²) in [5.41, 5.74) is 1.15. The van der Waals surface area contributed by atoms with Gasteiger partial charge in [0, 0.05) is 0 Å². The van der Waals surface area contributed by atoms with E-state index >= 15 is 0 Å². The minimum Gasteiger partial charge on any atom is -0.494 e. The van der Waals surface area contributed by atoms with E-state index in [0.29, 0.717) is 28.5 Å². The minimum atomic E-state index is -4.00. The van der Waals surface area contributed by atoms with Gasteiger partial charge in [-0.3, -0.25) is 9.29 Å². The molecular formula is C23H21FN4O5S. The molecule has 0 saturated carbocycles. The number of hydrogen-bond acceptors (Lipinski definition) is 7. The normalized spacial score (nSPS) is 11.3. The Morgan fingerprint density at radius 3 is 2.32 bits per heavy atom. The van der Waals surface area contributed by atoms with E-state index < -0.39 is 21.6 Å². The van der Waals surface area contributed by atoms with Crippen molar-refractivity contribution in [2.24, 2.45) is 0 Å². The van der Waals surface area contributed by atoms with Crippen LogP contribution in [0, 0.1) is 5.82 Å². The topological polar surface area (TPSA) is 108 Å². The number of ether oxygens (including phenoxy) is 2. The van der Waals surface area contributed by atoms with Crippen LogP contribution in [0.5, 0.6) is 11.5 Å². The van der Waals surface area contributed by atoms with E-state index in [0.717, 1.165) is 0 Å². The van der Waals surface area contributed by atoms with Gasteiger partial charge in [-0.1, -0.05) is 24.8 Å². The van der Waals surface area contributed by atoms with Gasteiger partial charge in [0.2, 0.25) is 21.8 Å². The lowest BCUT2D eigenvalue weighted by Crippen LogP contribution is -2.20. The number of benzene rings is 2. The number of sulfonamides is 1. The number of furan rings is 1. The Labute approximate surface area is 195 Å². The lowest BCUT2D eigenvalue weighted by atomic mass is 10.1. The van der Waals surface area contributed by atoms with Gasteiger partial charge in [0.15, 0.2) is 5.76 Å². The monoisotopic (exact) mass is 484 g/mol. The summed E-state index contributed by atoms with van der Waals surface area (Å²) in [7, 11) is -1.04. The number of rotatable bonds is 9. The first-order valence-corrected chi connectivity index (χ1v) is 11.6. The summed E-state index contributed by atoms with van der Waals surface area (Å²) in [4.78, 5) is 0.